The number of esters is 1. The molecule has 4 heteroatoms. The number of carbonyl (C=O) groups is 1. The van der Waals surface area contributed by atoms with Gasteiger partial charge in [0.25, 0.3) is 0 Å². The van der Waals surface area contributed by atoms with Crippen LogP contribution in [-0.2, 0) is 9.53 Å². The quantitative estimate of drug-likeness (QED) is 0.410. The summed E-state index contributed by atoms with van der Waals surface area (Å²) in [6.45, 7) is 10.2. The van der Waals surface area contributed by atoms with Gasteiger partial charge in [0.2, 0.25) is 6.29 Å². The highest BCUT2D eigenvalue weighted by Gasteiger charge is 2.39. The fraction of sp³-hybridized carbons (Fsp3) is 0.727. The summed E-state index contributed by atoms with van der Waals surface area (Å²) in [7, 11) is 0. The molecule has 0 radical (unpaired) electrons. The summed E-state index contributed by atoms with van der Waals surface area (Å²) < 4.78 is 4.67. The van der Waals surface area contributed by atoms with Gasteiger partial charge in [0.05, 0.1) is 11.5 Å². The maximum atomic E-state index is 10.9. The van der Waals surface area contributed by atoms with E-state index in [1.54, 1.807) is 13.8 Å². The molecule has 0 amide bonds. The number of hydrogen-bond acceptors (Lipinski definition) is 4. The van der Waals surface area contributed by atoms with Crippen molar-refractivity contribution >= 4 is 5.97 Å². The first-order valence-electron chi connectivity index (χ1n) is 4.92. The number of hydrogen-bond donors (Lipinski definition) is 2. The van der Waals surface area contributed by atoms with Crippen LogP contribution >= 0.6 is 0 Å². The predicted octanol–water partition coefficient (Wildman–Crippen LogP) is 1.08. The van der Waals surface area contributed by atoms with E-state index < -0.39 is 23.8 Å². The molecule has 0 spiro atoms. The van der Waals surface area contributed by atoms with Crippen LogP contribution in [0.15, 0.2) is 12.7 Å². The van der Waals surface area contributed by atoms with Gasteiger partial charge in [0.1, 0.15) is 0 Å². The Morgan fingerprint density at radius 3 is 2.20 bits per heavy atom. The highest BCUT2D eigenvalue weighted by Crippen LogP contribution is 2.30. The Labute approximate surface area is 90.6 Å². The van der Waals surface area contributed by atoms with Crippen LogP contribution in [0.2, 0.25) is 0 Å². The molecule has 0 aliphatic heterocycles. The SMILES string of the molecule is C=CC(=O)OC(O)C(C)(C)C(O)C(C)C. The summed E-state index contributed by atoms with van der Waals surface area (Å²) in [6.07, 6.45) is -1.13. The zero-order valence-electron chi connectivity index (χ0n) is 9.73. The maximum Gasteiger partial charge on any atom is 0.332 e. The Morgan fingerprint density at radius 1 is 1.40 bits per heavy atom. The Hall–Kier alpha value is -0.870. The molecule has 2 N–H and O–H groups in total. The number of ether oxygens (including phenoxy) is 1. The van der Waals surface area contributed by atoms with Crippen molar-refractivity contribution in [1.82, 2.24) is 0 Å². The van der Waals surface area contributed by atoms with E-state index in [1.165, 1.54) is 0 Å². The molecule has 0 aliphatic rings. The predicted molar refractivity (Wildman–Crippen MR) is 56.9 cm³/mol. The molecule has 4 nitrogen and oxygen atoms in total. The van der Waals surface area contributed by atoms with Gasteiger partial charge in [-0.2, -0.15) is 0 Å². The van der Waals surface area contributed by atoms with E-state index in [0.29, 0.717) is 0 Å². The van der Waals surface area contributed by atoms with E-state index in [-0.39, 0.29) is 5.92 Å². The van der Waals surface area contributed by atoms with Gasteiger partial charge < -0.3 is 14.9 Å². The third-order valence-electron chi connectivity index (χ3n) is 2.42. The van der Waals surface area contributed by atoms with Crippen molar-refractivity contribution in [3.63, 3.8) is 0 Å². The fourth-order valence-corrected chi connectivity index (χ4v) is 1.32. The summed E-state index contributed by atoms with van der Waals surface area (Å²) in [4.78, 5) is 10.9. The maximum absolute atomic E-state index is 10.9. The lowest BCUT2D eigenvalue weighted by molar-refractivity contribution is -0.202. The van der Waals surface area contributed by atoms with Gasteiger partial charge in [0.15, 0.2) is 0 Å². The van der Waals surface area contributed by atoms with E-state index in [0.717, 1.165) is 6.08 Å². The van der Waals surface area contributed by atoms with Crippen LogP contribution in [0.5, 0.6) is 0 Å². The smallest absolute Gasteiger partial charge is 0.332 e. The van der Waals surface area contributed by atoms with Gasteiger partial charge in [-0.1, -0.05) is 34.3 Å². The topological polar surface area (TPSA) is 66.8 Å². The zero-order chi connectivity index (χ0) is 12.2. The van der Waals surface area contributed by atoms with Crippen molar-refractivity contribution in [3.05, 3.63) is 12.7 Å². The molecule has 0 saturated heterocycles. The van der Waals surface area contributed by atoms with Crippen molar-refractivity contribution in [3.8, 4) is 0 Å². The van der Waals surface area contributed by atoms with Gasteiger partial charge in [-0.15, -0.1) is 0 Å². The minimum Gasteiger partial charge on any atom is -0.432 e. The number of aliphatic hydroxyl groups is 2. The minimum atomic E-state index is -1.35. The summed E-state index contributed by atoms with van der Waals surface area (Å²) in [5.41, 5.74) is -0.910. The van der Waals surface area contributed by atoms with E-state index in [1.807, 2.05) is 13.8 Å². The van der Waals surface area contributed by atoms with Gasteiger partial charge >= 0.3 is 5.97 Å². The van der Waals surface area contributed by atoms with Gasteiger partial charge in [-0.05, 0) is 5.92 Å². The zero-order valence-corrected chi connectivity index (χ0v) is 9.73. The molecule has 15 heavy (non-hydrogen) atoms. The van der Waals surface area contributed by atoms with Crippen LogP contribution in [0.3, 0.4) is 0 Å². The molecular weight excluding hydrogens is 196 g/mol. The van der Waals surface area contributed by atoms with Crippen molar-refractivity contribution in [2.24, 2.45) is 11.3 Å². The van der Waals surface area contributed by atoms with Crippen LogP contribution in [-0.4, -0.2) is 28.6 Å². The lowest BCUT2D eigenvalue weighted by atomic mass is 9.80. The normalized spacial score (nSPS) is 15.9. The summed E-state index contributed by atoms with van der Waals surface area (Å²) >= 11 is 0. The lowest BCUT2D eigenvalue weighted by Crippen LogP contribution is -2.45. The lowest BCUT2D eigenvalue weighted by Gasteiger charge is -2.36. The van der Waals surface area contributed by atoms with Crippen molar-refractivity contribution in [2.75, 3.05) is 0 Å². The Bertz CT molecular complexity index is 233. The minimum absolute atomic E-state index is 0.0305. The molecule has 0 fully saturated rings. The summed E-state index contributed by atoms with van der Waals surface area (Å²) in [5.74, 6) is -0.733. The first kappa shape index (κ1) is 14.1. The molecule has 0 bridgehead atoms. The van der Waals surface area contributed by atoms with E-state index in [9.17, 15) is 15.0 Å². The third-order valence-corrected chi connectivity index (χ3v) is 2.42. The van der Waals surface area contributed by atoms with E-state index in [2.05, 4.69) is 11.3 Å². The van der Waals surface area contributed by atoms with E-state index >= 15 is 0 Å². The molecular formula is C11H20O4. The largest absolute Gasteiger partial charge is 0.432 e. The molecule has 0 aromatic heterocycles. The summed E-state index contributed by atoms with van der Waals surface area (Å²) in [6, 6.07) is 0. The highest BCUT2D eigenvalue weighted by molar-refractivity contribution is 5.81. The van der Waals surface area contributed by atoms with Gasteiger partial charge in [-0.3, -0.25) is 0 Å². The molecule has 0 aliphatic carbocycles. The fourth-order valence-electron chi connectivity index (χ4n) is 1.32. The van der Waals surface area contributed by atoms with Crippen LogP contribution < -0.4 is 0 Å². The number of carbonyl (C=O) groups excluding carboxylic acids is 1. The number of rotatable bonds is 5. The molecule has 88 valence electrons. The first-order valence-corrected chi connectivity index (χ1v) is 4.92. The highest BCUT2D eigenvalue weighted by atomic mass is 16.6. The van der Waals surface area contributed by atoms with Crippen LogP contribution in [0, 0.1) is 11.3 Å². The Balaban J connectivity index is 4.56. The van der Waals surface area contributed by atoms with Crippen molar-refractivity contribution < 1.29 is 19.7 Å². The Kier molecular flexibility index (Phi) is 4.97. The van der Waals surface area contributed by atoms with Gasteiger partial charge in [-0.25, -0.2) is 4.79 Å². The first-order chi connectivity index (χ1) is 6.73. The molecule has 0 aromatic rings. The molecule has 0 rings (SSSR count). The third kappa shape index (κ3) is 3.64. The molecule has 0 heterocycles. The second-order valence-corrected chi connectivity index (χ2v) is 4.50. The van der Waals surface area contributed by atoms with Gasteiger partial charge in [0, 0.05) is 6.08 Å². The molecule has 0 aromatic carbocycles. The van der Waals surface area contributed by atoms with Crippen LogP contribution in [0.1, 0.15) is 27.7 Å². The Morgan fingerprint density at radius 2 is 1.87 bits per heavy atom. The molecule has 2 unspecified atom stereocenters. The van der Waals surface area contributed by atoms with Crippen molar-refractivity contribution in [1.29, 1.82) is 0 Å². The second-order valence-electron chi connectivity index (χ2n) is 4.50. The standard InChI is InChI=1S/C11H20O4/c1-6-8(12)15-10(14)11(4,5)9(13)7(2)3/h6-7,9-10,13-14H,1H2,2-5H3. The summed E-state index contributed by atoms with van der Waals surface area (Å²) in [5, 5.41) is 19.5. The van der Waals surface area contributed by atoms with Crippen LogP contribution in [0.4, 0.5) is 0 Å². The monoisotopic (exact) mass is 216 g/mol. The molecule has 2 atom stereocenters. The van der Waals surface area contributed by atoms with E-state index in [4.69, 9.17) is 0 Å². The second kappa shape index (κ2) is 5.28. The number of aliphatic hydroxyl groups excluding tert-OH is 2. The molecule has 0 saturated carbocycles. The average Bonchev–Trinajstić information content (AvgIpc) is 2.15. The van der Waals surface area contributed by atoms with Crippen LogP contribution in [0.25, 0.3) is 0 Å². The average molecular weight is 216 g/mol. The van der Waals surface area contributed by atoms with Crippen molar-refractivity contribution in [2.45, 2.75) is 40.1 Å².